The Morgan fingerprint density at radius 1 is 1.26 bits per heavy atom. The van der Waals surface area contributed by atoms with Crippen molar-refractivity contribution in [3.05, 3.63) is 24.3 Å². The number of para-hydroxylation sites is 2. The average molecular weight is 304 g/mol. The summed E-state index contributed by atoms with van der Waals surface area (Å²) < 4.78 is 23.0. The van der Waals surface area contributed by atoms with Crippen molar-refractivity contribution >= 4 is 32.8 Å². The van der Waals surface area contributed by atoms with Gasteiger partial charge in [-0.2, -0.15) is 0 Å². The van der Waals surface area contributed by atoms with Crippen LogP contribution in [0.4, 0.5) is 11.4 Å². The molecule has 0 radical (unpaired) electrons. The fraction of sp³-hybridized carbons (Fsp3) is 0.455. The van der Waals surface area contributed by atoms with Crippen LogP contribution in [-0.4, -0.2) is 37.7 Å². The third-order valence-corrected chi connectivity index (χ3v) is 5.52. The van der Waals surface area contributed by atoms with E-state index in [1.165, 1.54) is 0 Å². The van der Waals surface area contributed by atoms with E-state index in [2.05, 4.69) is 16.1 Å². The summed E-state index contributed by atoms with van der Waals surface area (Å²) in [6, 6.07) is 7.26. The Hall–Kier alpha value is -1.02. The van der Waals surface area contributed by atoms with Crippen molar-refractivity contribution in [1.82, 2.24) is 5.32 Å². The SMILES string of the molecule is O=S1(=O)C[C@H](Cl)[C@H](N[C@@H]2Nc3ccccc3NO2)C1. The zero-order chi connectivity index (χ0) is 13.5. The van der Waals surface area contributed by atoms with E-state index >= 15 is 0 Å². The summed E-state index contributed by atoms with van der Waals surface area (Å²) >= 11 is 6.04. The van der Waals surface area contributed by atoms with Gasteiger partial charge in [0.2, 0.25) is 6.35 Å². The third kappa shape index (κ3) is 2.79. The lowest BCUT2D eigenvalue weighted by atomic mass is 10.2. The Morgan fingerprint density at radius 2 is 2.00 bits per heavy atom. The molecule has 2 aliphatic heterocycles. The standard InChI is InChI=1S/C11H14ClN3O3S/c12-7-5-19(16,17)6-10(7)14-11-13-8-3-1-2-4-9(8)15-18-11/h1-4,7,10-11,13-15H,5-6H2/t7-,10+,11-/m0/s1. The fourth-order valence-electron chi connectivity index (χ4n) is 2.22. The first-order chi connectivity index (χ1) is 9.03. The van der Waals surface area contributed by atoms with Crippen molar-refractivity contribution in [2.24, 2.45) is 0 Å². The van der Waals surface area contributed by atoms with Crippen molar-refractivity contribution in [2.45, 2.75) is 17.8 Å². The van der Waals surface area contributed by atoms with E-state index < -0.39 is 21.6 Å². The van der Waals surface area contributed by atoms with E-state index in [4.69, 9.17) is 16.4 Å². The lowest BCUT2D eigenvalue weighted by molar-refractivity contribution is 0.0802. The minimum absolute atomic E-state index is 0.00293. The maximum absolute atomic E-state index is 11.5. The fourth-order valence-corrected chi connectivity index (χ4v) is 4.79. The smallest absolute Gasteiger partial charge is 0.209 e. The van der Waals surface area contributed by atoms with Gasteiger partial charge in [0.15, 0.2) is 9.84 Å². The van der Waals surface area contributed by atoms with Crippen LogP contribution in [-0.2, 0) is 14.7 Å². The minimum atomic E-state index is -3.05. The predicted octanol–water partition coefficient (Wildman–Crippen LogP) is 0.733. The van der Waals surface area contributed by atoms with Gasteiger partial charge in [-0.05, 0) is 12.1 Å². The molecule has 104 valence electrons. The molecule has 8 heteroatoms. The van der Waals surface area contributed by atoms with Crippen LogP contribution in [0.2, 0.25) is 0 Å². The first kappa shape index (κ1) is 13.0. The van der Waals surface area contributed by atoms with Gasteiger partial charge in [0.05, 0.1) is 28.3 Å². The molecule has 0 aliphatic carbocycles. The molecule has 0 bridgehead atoms. The monoisotopic (exact) mass is 303 g/mol. The third-order valence-electron chi connectivity index (χ3n) is 3.15. The maximum Gasteiger partial charge on any atom is 0.209 e. The molecule has 3 rings (SSSR count). The summed E-state index contributed by atoms with van der Waals surface area (Å²) in [6.07, 6.45) is -0.519. The first-order valence-electron chi connectivity index (χ1n) is 5.91. The van der Waals surface area contributed by atoms with Crippen molar-refractivity contribution in [3.8, 4) is 0 Å². The average Bonchev–Trinajstić information content (AvgIpc) is 2.62. The number of alkyl halides is 1. The Balaban J connectivity index is 1.67. The van der Waals surface area contributed by atoms with Gasteiger partial charge in [0.25, 0.3) is 0 Å². The summed E-state index contributed by atoms with van der Waals surface area (Å²) in [6.45, 7) is 0. The molecule has 2 heterocycles. The zero-order valence-electron chi connectivity index (χ0n) is 9.97. The molecule has 3 atom stereocenters. The van der Waals surface area contributed by atoms with Crippen LogP contribution in [0.3, 0.4) is 0 Å². The molecule has 6 nitrogen and oxygen atoms in total. The topological polar surface area (TPSA) is 79.5 Å². The number of sulfone groups is 1. The van der Waals surface area contributed by atoms with Gasteiger partial charge in [0.1, 0.15) is 0 Å². The summed E-state index contributed by atoms with van der Waals surface area (Å²) in [5, 5.41) is 5.74. The van der Waals surface area contributed by atoms with Gasteiger partial charge >= 0.3 is 0 Å². The lowest BCUT2D eigenvalue weighted by Gasteiger charge is -2.30. The molecule has 1 fully saturated rings. The largest absolute Gasteiger partial charge is 0.344 e. The van der Waals surface area contributed by atoms with Gasteiger partial charge in [-0.3, -0.25) is 10.8 Å². The summed E-state index contributed by atoms with van der Waals surface area (Å²) in [5.74, 6) is 0.0350. The molecule has 0 unspecified atom stereocenters. The molecule has 2 aliphatic rings. The molecular weight excluding hydrogens is 290 g/mol. The highest BCUT2D eigenvalue weighted by molar-refractivity contribution is 7.91. The Labute approximate surface area is 116 Å². The number of rotatable bonds is 2. The normalized spacial score (nSPS) is 32.2. The van der Waals surface area contributed by atoms with Gasteiger partial charge in [-0.1, -0.05) is 12.1 Å². The highest BCUT2D eigenvalue weighted by atomic mass is 35.5. The summed E-state index contributed by atoms with van der Waals surface area (Å²) in [7, 11) is -3.05. The van der Waals surface area contributed by atoms with Crippen LogP contribution in [0.25, 0.3) is 0 Å². The van der Waals surface area contributed by atoms with Crippen molar-refractivity contribution in [3.63, 3.8) is 0 Å². The highest BCUT2D eigenvalue weighted by Gasteiger charge is 2.38. The van der Waals surface area contributed by atoms with E-state index in [-0.39, 0.29) is 17.5 Å². The lowest BCUT2D eigenvalue weighted by Crippen LogP contribution is -2.50. The van der Waals surface area contributed by atoms with E-state index in [0.29, 0.717) is 0 Å². The Bertz CT molecular complexity index is 580. The number of fused-ring (bicyclic) bond motifs is 1. The van der Waals surface area contributed by atoms with E-state index in [1.54, 1.807) is 0 Å². The molecule has 1 aromatic rings. The number of hydrogen-bond acceptors (Lipinski definition) is 6. The van der Waals surface area contributed by atoms with Crippen LogP contribution < -0.4 is 16.1 Å². The number of nitrogens with one attached hydrogen (secondary N) is 3. The second-order valence-corrected chi connectivity index (χ2v) is 7.37. The van der Waals surface area contributed by atoms with Crippen molar-refractivity contribution in [1.29, 1.82) is 0 Å². The van der Waals surface area contributed by atoms with Crippen molar-refractivity contribution in [2.75, 3.05) is 22.3 Å². The van der Waals surface area contributed by atoms with Crippen LogP contribution in [0.5, 0.6) is 0 Å². The molecule has 0 amide bonds. The Morgan fingerprint density at radius 3 is 2.68 bits per heavy atom. The van der Waals surface area contributed by atoms with E-state index in [9.17, 15) is 8.42 Å². The predicted molar refractivity (Wildman–Crippen MR) is 73.8 cm³/mol. The summed E-state index contributed by atoms with van der Waals surface area (Å²) in [5.41, 5.74) is 4.53. The molecule has 1 saturated heterocycles. The molecule has 0 saturated carbocycles. The van der Waals surface area contributed by atoms with Crippen molar-refractivity contribution < 1.29 is 13.3 Å². The van der Waals surface area contributed by atoms with Crippen LogP contribution in [0, 0.1) is 0 Å². The Kier molecular flexibility index (Phi) is 3.30. The quantitative estimate of drug-likeness (QED) is 0.699. The maximum atomic E-state index is 11.5. The van der Waals surface area contributed by atoms with Gasteiger partial charge in [-0.25, -0.2) is 13.3 Å². The molecule has 19 heavy (non-hydrogen) atoms. The number of hydrogen-bond donors (Lipinski definition) is 3. The molecule has 3 N–H and O–H groups in total. The molecule has 0 spiro atoms. The van der Waals surface area contributed by atoms with Crippen LogP contribution in [0.15, 0.2) is 24.3 Å². The summed E-state index contributed by atoms with van der Waals surface area (Å²) in [4.78, 5) is 5.36. The number of anilines is 2. The van der Waals surface area contributed by atoms with E-state index in [1.807, 2.05) is 24.3 Å². The van der Waals surface area contributed by atoms with Crippen LogP contribution >= 0.6 is 11.6 Å². The second kappa shape index (κ2) is 4.82. The van der Waals surface area contributed by atoms with Gasteiger partial charge in [-0.15, -0.1) is 11.6 Å². The van der Waals surface area contributed by atoms with E-state index in [0.717, 1.165) is 11.4 Å². The second-order valence-electron chi connectivity index (χ2n) is 4.66. The first-order valence-corrected chi connectivity index (χ1v) is 8.17. The molecule has 1 aromatic carbocycles. The minimum Gasteiger partial charge on any atom is -0.344 e. The van der Waals surface area contributed by atoms with Gasteiger partial charge in [0, 0.05) is 6.04 Å². The zero-order valence-corrected chi connectivity index (χ0v) is 11.5. The molecule has 0 aromatic heterocycles. The van der Waals surface area contributed by atoms with Crippen LogP contribution in [0.1, 0.15) is 0 Å². The number of halogens is 1. The van der Waals surface area contributed by atoms with Gasteiger partial charge < -0.3 is 5.32 Å². The highest BCUT2D eigenvalue weighted by Crippen LogP contribution is 2.26. The molecular formula is C11H14ClN3O3S. The number of benzene rings is 1.